The largest absolute Gasteiger partial charge is 0.340 e. The first-order valence-corrected chi connectivity index (χ1v) is 3.89. The van der Waals surface area contributed by atoms with Gasteiger partial charge in [-0.3, -0.25) is 9.59 Å². The van der Waals surface area contributed by atoms with Gasteiger partial charge in [-0.2, -0.15) is 0 Å². The van der Waals surface area contributed by atoms with E-state index in [9.17, 15) is 9.59 Å². The number of hydrogen-bond donors (Lipinski definition) is 1. The maximum atomic E-state index is 11.0. The normalized spacial score (nSPS) is 9.09. The highest BCUT2D eigenvalue weighted by Crippen LogP contribution is 2.08. The zero-order chi connectivity index (χ0) is 8.10. The lowest BCUT2D eigenvalue weighted by Gasteiger charge is -1.92. The van der Waals surface area contributed by atoms with Gasteiger partial charge in [0.1, 0.15) is 0 Å². The minimum atomic E-state index is -0.0802. The fourth-order valence-electron chi connectivity index (χ4n) is 0.641. The van der Waals surface area contributed by atoms with Gasteiger partial charge in [-0.15, -0.1) is 11.3 Å². The molecule has 3 nitrogen and oxygen atoms in total. The van der Waals surface area contributed by atoms with Crippen LogP contribution in [0, 0.1) is 0 Å². The number of hydrogen-bond acceptors (Lipinski definition) is 3. The molecule has 1 rings (SSSR count). The van der Waals surface area contributed by atoms with Gasteiger partial charge in [0, 0.05) is 0 Å². The number of amides is 1. The lowest BCUT2D eigenvalue weighted by atomic mass is 10.3. The van der Waals surface area contributed by atoms with Crippen LogP contribution in [-0.4, -0.2) is 18.7 Å². The van der Waals surface area contributed by atoms with E-state index in [2.05, 4.69) is 5.32 Å². The average molecular weight is 168 g/mol. The van der Waals surface area contributed by atoms with Crippen LogP contribution < -0.4 is 5.32 Å². The Morgan fingerprint density at radius 3 is 3.09 bits per heavy atom. The Balaban J connectivity index is 2.49. The smallest absolute Gasteiger partial charge is 0.309 e. The maximum absolute atomic E-state index is 11.0. The second-order valence-electron chi connectivity index (χ2n) is 1.86. The van der Waals surface area contributed by atoms with Crippen molar-refractivity contribution in [2.75, 3.05) is 6.54 Å². The molecule has 1 amide bonds. The molecule has 57 valence electrons. The molecular formula is C7H6NO2S. The van der Waals surface area contributed by atoms with Crippen LogP contribution in [0.3, 0.4) is 0 Å². The van der Waals surface area contributed by atoms with Gasteiger partial charge in [0.15, 0.2) is 5.78 Å². The van der Waals surface area contributed by atoms with Crippen LogP contribution in [0.2, 0.25) is 0 Å². The molecule has 0 aliphatic carbocycles. The van der Waals surface area contributed by atoms with E-state index >= 15 is 0 Å². The Kier molecular flexibility index (Phi) is 2.80. The molecule has 0 saturated carbocycles. The van der Waals surface area contributed by atoms with Crippen LogP contribution in [0.1, 0.15) is 9.67 Å². The molecule has 1 heterocycles. The minimum absolute atomic E-state index is 0.0318. The Morgan fingerprint density at radius 2 is 2.55 bits per heavy atom. The third-order valence-corrected chi connectivity index (χ3v) is 2.03. The third-order valence-electron chi connectivity index (χ3n) is 1.12. The van der Waals surface area contributed by atoms with Crippen molar-refractivity contribution in [1.29, 1.82) is 0 Å². The van der Waals surface area contributed by atoms with Crippen LogP contribution >= 0.6 is 11.3 Å². The van der Waals surface area contributed by atoms with Gasteiger partial charge in [0.05, 0.1) is 11.4 Å². The SMILES string of the molecule is O=[C]NCC(=O)c1cccs1. The Labute approximate surface area is 68.0 Å². The van der Waals surface area contributed by atoms with Gasteiger partial charge >= 0.3 is 6.41 Å². The molecular weight excluding hydrogens is 162 g/mol. The zero-order valence-corrected chi connectivity index (χ0v) is 6.48. The van der Waals surface area contributed by atoms with E-state index in [1.807, 2.05) is 5.38 Å². The zero-order valence-electron chi connectivity index (χ0n) is 5.66. The summed E-state index contributed by atoms with van der Waals surface area (Å²) in [5.74, 6) is -0.0802. The van der Waals surface area contributed by atoms with Crippen molar-refractivity contribution in [1.82, 2.24) is 5.32 Å². The van der Waals surface area contributed by atoms with Crippen LogP contribution in [0.15, 0.2) is 17.5 Å². The first-order chi connectivity index (χ1) is 5.34. The fourth-order valence-corrected chi connectivity index (χ4v) is 1.31. The molecule has 1 aromatic rings. The summed E-state index contributed by atoms with van der Waals surface area (Å²) in [4.78, 5) is 21.4. The number of carbonyl (C=O) groups is 1. The molecule has 1 N–H and O–H groups in total. The van der Waals surface area contributed by atoms with Gasteiger partial charge in [-0.05, 0) is 11.4 Å². The summed E-state index contributed by atoms with van der Waals surface area (Å²) in [5.41, 5.74) is 0. The molecule has 0 aromatic carbocycles. The lowest BCUT2D eigenvalue weighted by molar-refractivity contribution is 0.1000. The van der Waals surface area contributed by atoms with Crippen LogP contribution in [-0.2, 0) is 4.79 Å². The van der Waals surface area contributed by atoms with Gasteiger partial charge in [0.25, 0.3) is 0 Å². The summed E-state index contributed by atoms with van der Waals surface area (Å²) in [5, 5.41) is 4.01. The molecule has 1 aromatic heterocycles. The highest BCUT2D eigenvalue weighted by Gasteiger charge is 2.04. The van der Waals surface area contributed by atoms with Gasteiger partial charge < -0.3 is 5.32 Å². The van der Waals surface area contributed by atoms with Crippen molar-refractivity contribution < 1.29 is 9.59 Å². The standard InChI is InChI=1S/C7H6NO2S/c9-5-8-4-6(10)7-2-1-3-11-7/h1-3H,4H2,(H,8,9). The average Bonchev–Trinajstić information content (AvgIpc) is 2.52. The van der Waals surface area contributed by atoms with Crippen LogP contribution in [0.5, 0.6) is 0 Å². The quantitative estimate of drug-likeness (QED) is 0.528. The number of ketones is 1. The molecule has 0 aliphatic heterocycles. The predicted octanol–water partition coefficient (Wildman–Crippen LogP) is 0.588. The first-order valence-electron chi connectivity index (χ1n) is 3.01. The van der Waals surface area contributed by atoms with E-state index in [0.717, 1.165) is 0 Å². The van der Waals surface area contributed by atoms with Crippen molar-refractivity contribution in [3.8, 4) is 0 Å². The summed E-state index contributed by atoms with van der Waals surface area (Å²) in [7, 11) is 0. The number of nitrogens with one attached hydrogen (secondary N) is 1. The third kappa shape index (κ3) is 2.16. The van der Waals surface area contributed by atoms with E-state index in [1.165, 1.54) is 17.7 Å². The molecule has 0 unspecified atom stereocenters. The van der Waals surface area contributed by atoms with Crippen molar-refractivity contribution in [3.05, 3.63) is 22.4 Å². The molecule has 0 aliphatic rings. The summed E-state index contributed by atoms with van der Waals surface area (Å²) < 4.78 is 0. The maximum Gasteiger partial charge on any atom is 0.309 e. The summed E-state index contributed by atoms with van der Waals surface area (Å²) >= 11 is 1.36. The number of thiophene rings is 1. The van der Waals surface area contributed by atoms with E-state index in [1.54, 1.807) is 12.1 Å². The fraction of sp³-hybridized carbons (Fsp3) is 0.143. The second kappa shape index (κ2) is 3.88. The molecule has 0 saturated heterocycles. The van der Waals surface area contributed by atoms with Crippen molar-refractivity contribution in [2.24, 2.45) is 0 Å². The number of rotatable bonds is 4. The first kappa shape index (κ1) is 7.94. The number of carbonyl (C=O) groups excluding carboxylic acids is 2. The van der Waals surface area contributed by atoms with E-state index < -0.39 is 0 Å². The topological polar surface area (TPSA) is 46.2 Å². The van der Waals surface area contributed by atoms with Crippen LogP contribution in [0.25, 0.3) is 0 Å². The van der Waals surface area contributed by atoms with Crippen molar-refractivity contribution in [3.63, 3.8) is 0 Å². The highest BCUT2D eigenvalue weighted by molar-refractivity contribution is 7.12. The summed E-state index contributed by atoms with van der Waals surface area (Å²) in [6.07, 6.45) is 1.44. The summed E-state index contributed by atoms with van der Waals surface area (Å²) in [6, 6.07) is 3.52. The molecule has 1 radical (unpaired) electrons. The van der Waals surface area contributed by atoms with Crippen molar-refractivity contribution in [2.45, 2.75) is 0 Å². The van der Waals surface area contributed by atoms with Crippen molar-refractivity contribution >= 4 is 23.5 Å². The highest BCUT2D eigenvalue weighted by atomic mass is 32.1. The molecule has 0 spiro atoms. The van der Waals surface area contributed by atoms with Gasteiger partial charge in [-0.25, -0.2) is 0 Å². The predicted molar refractivity (Wildman–Crippen MR) is 42.3 cm³/mol. The molecule has 0 atom stereocenters. The van der Waals surface area contributed by atoms with E-state index in [4.69, 9.17) is 0 Å². The van der Waals surface area contributed by atoms with E-state index in [0.29, 0.717) is 4.88 Å². The molecule has 11 heavy (non-hydrogen) atoms. The molecule has 4 heteroatoms. The number of Topliss-reactive ketones (excluding diaryl/α,β-unsaturated/α-hetero) is 1. The molecule has 0 fully saturated rings. The van der Waals surface area contributed by atoms with Gasteiger partial charge in [-0.1, -0.05) is 6.07 Å². The van der Waals surface area contributed by atoms with Gasteiger partial charge in [0.2, 0.25) is 0 Å². The monoisotopic (exact) mass is 168 g/mol. The second-order valence-corrected chi connectivity index (χ2v) is 2.80. The molecule has 0 bridgehead atoms. The Morgan fingerprint density at radius 1 is 1.73 bits per heavy atom. The minimum Gasteiger partial charge on any atom is -0.340 e. The Hall–Kier alpha value is -1.16. The Bertz CT molecular complexity index is 243. The van der Waals surface area contributed by atoms with Crippen LogP contribution in [0.4, 0.5) is 0 Å². The van der Waals surface area contributed by atoms with E-state index in [-0.39, 0.29) is 12.3 Å². The lowest BCUT2D eigenvalue weighted by Crippen LogP contribution is -2.20. The summed E-state index contributed by atoms with van der Waals surface area (Å²) in [6.45, 7) is 0.0318.